The highest BCUT2D eigenvalue weighted by Crippen LogP contribution is 2.24. The van der Waals surface area contributed by atoms with Gasteiger partial charge in [0.25, 0.3) is 0 Å². The maximum atomic E-state index is 6.09. The van der Waals surface area contributed by atoms with E-state index < -0.39 is 0 Å². The maximum absolute atomic E-state index is 6.09. The lowest BCUT2D eigenvalue weighted by Crippen LogP contribution is -2.21. The smallest absolute Gasteiger partial charge is 0.229 e. The second-order valence-corrected chi connectivity index (χ2v) is 4.25. The summed E-state index contributed by atoms with van der Waals surface area (Å²) in [6.07, 6.45) is 2.09. The fourth-order valence-electron chi connectivity index (χ4n) is 1.62. The van der Waals surface area contributed by atoms with Crippen LogP contribution in [0.5, 0.6) is 0 Å². The quantitative estimate of drug-likeness (QED) is 0.813. The molecule has 0 amide bonds. The zero-order chi connectivity index (χ0) is 11.4. The van der Waals surface area contributed by atoms with E-state index in [1.165, 1.54) is 0 Å². The van der Waals surface area contributed by atoms with Crippen molar-refractivity contribution in [3.05, 3.63) is 11.7 Å². The zero-order valence-electron chi connectivity index (χ0n) is 10.0. The minimum Gasteiger partial charge on any atom is -0.339 e. The van der Waals surface area contributed by atoms with E-state index in [-0.39, 0.29) is 12.0 Å². The average molecular weight is 211 g/mol. The third-order valence-corrected chi connectivity index (χ3v) is 2.81. The Labute approximate surface area is 91.2 Å². The molecular formula is C11H21N3O. The molecule has 0 spiro atoms. The van der Waals surface area contributed by atoms with Crippen LogP contribution in [0.4, 0.5) is 0 Å². The lowest BCUT2D eigenvalue weighted by atomic mass is 9.94. The molecule has 1 heterocycles. The lowest BCUT2D eigenvalue weighted by molar-refractivity contribution is 0.341. The van der Waals surface area contributed by atoms with Gasteiger partial charge in [0, 0.05) is 5.92 Å². The molecule has 4 nitrogen and oxygen atoms in total. The minimum atomic E-state index is -0.101. The van der Waals surface area contributed by atoms with Crippen LogP contribution in [0, 0.1) is 5.92 Å². The Balaban J connectivity index is 2.77. The van der Waals surface area contributed by atoms with Crippen molar-refractivity contribution in [2.75, 3.05) is 0 Å². The topological polar surface area (TPSA) is 64.9 Å². The highest BCUT2D eigenvalue weighted by molar-refractivity contribution is 4.97. The van der Waals surface area contributed by atoms with Gasteiger partial charge in [-0.15, -0.1) is 0 Å². The van der Waals surface area contributed by atoms with Gasteiger partial charge in [-0.25, -0.2) is 0 Å². The van der Waals surface area contributed by atoms with Gasteiger partial charge in [0.15, 0.2) is 5.82 Å². The third kappa shape index (κ3) is 2.78. The SMILES string of the molecule is CCC(CC)C(N)c1noc(C(C)C)n1. The molecule has 1 rings (SSSR count). The molecule has 15 heavy (non-hydrogen) atoms. The van der Waals surface area contributed by atoms with Crippen LogP contribution >= 0.6 is 0 Å². The summed E-state index contributed by atoms with van der Waals surface area (Å²) >= 11 is 0. The van der Waals surface area contributed by atoms with Crippen LogP contribution in [-0.4, -0.2) is 10.1 Å². The van der Waals surface area contributed by atoms with E-state index in [4.69, 9.17) is 10.3 Å². The maximum Gasteiger partial charge on any atom is 0.229 e. The van der Waals surface area contributed by atoms with Gasteiger partial charge in [0.05, 0.1) is 6.04 Å². The van der Waals surface area contributed by atoms with Gasteiger partial charge >= 0.3 is 0 Å². The first kappa shape index (κ1) is 12.2. The van der Waals surface area contributed by atoms with E-state index in [0.717, 1.165) is 12.8 Å². The molecule has 1 atom stereocenters. The summed E-state index contributed by atoms with van der Waals surface area (Å²) < 4.78 is 5.15. The summed E-state index contributed by atoms with van der Waals surface area (Å²) in [5, 5.41) is 3.94. The molecule has 2 N–H and O–H groups in total. The van der Waals surface area contributed by atoms with Crippen molar-refractivity contribution < 1.29 is 4.52 Å². The molecule has 0 aromatic carbocycles. The summed E-state index contributed by atoms with van der Waals surface area (Å²) in [7, 11) is 0. The van der Waals surface area contributed by atoms with Crippen LogP contribution < -0.4 is 5.73 Å². The first-order valence-electron chi connectivity index (χ1n) is 5.69. The van der Waals surface area contributed by atoms with Crippen molar-refractivity contribution in [2.24, 2.45) is 11.7 Å². The predicted molar refractivity (Wildman–Crippen MR) is 59.4 cm³/mol. The second kappa shape index (κ2) is 5.26. The van der Waals surface area contributed by atoms with Crippen LogP contribution in [0.1, 0.15) is 64.2 Å². The summed E-state index contributed by atoms with van der Waals surface area (Å²) in [6.45, 7) is 8.33. The molecular weight excluding hydrogens is 190 g/mol. The average Bonchev–Trinajstić information content (AvgIpc) is 2.68. The number of nitrogens with zero attached hydrogens (tertiary/aromatic N) is 2. The first-order chi connectivity index (χ1) is 7.10. The van der Waals surface area contributed by atoms with Gasteiger partial charge in [0.1, 0.15) is 0 Å². The molecule has 0 saturated carbocycles. The van der Waals surface area contributed by atoms with E-state index in [2.05, 4.69) is 24.0 Å². The molecule has 0 aliphatic carbocycles. The molecule has 0 saturated heterocycles. The number of hydrogen-bond acceptors (Lipinski definition) is 4. The van der Waals surface area contributed by atoms with Crippen molar-refractivity contribution in [1.29, 1.82) is 0 Å². The van der Waals surface area contributed by atoms with Crippen molar-refractivity contribution in [1.82, 2.24) is 10.1 Å². The molecule has 1 aromatic heterocycles. The normalized spacial score (nSPS) is 13.8. The fraction of sp³-hybridized carbons (Fsp3) is 0.818. The number of aromatic nitrogens is 2. The molecule has 0 fully saturated rings. The van der Waals surface area contributed by atoms with Crippen molar-refractivity contribution in [3.8, 4) is 0 Å². The van der Waals surface area contributed by atoms with E-state index in [0.29, 0.717) is 17.6 Å². The van der Waals surface area contributed by atoms with Gasteiger partial charge in [-0.05, 0) is 5.92 Å². The molecule has 1 aromatic rings. The summed E-state index contributed by atoms with van der Waals surface area (Å²) in [4.78, 5) is 4.32. The molecule has 0 radical (unpaired) electrons. The van der Waals surface area contributed by atoms with E-state index in [9.17, 15) is 0 Å². The standard InChI is InChI=1S/C11H21N3O/c1-5-8(6-2)9(12)10-13-11(7(3)4)15-14-10/h7-9H,5-6,12H2,1-4H3. The van der Waals surface area contributed by atoms with Gasteiger partial charge in [-0.3, -0.25) is 0 Å². The summed E-state index contributed by atoms with van der Waals surface area (Å²) in [5.74, 6) is 2.02. The number of rotatable bonds is 5. The van der Waals surface area contributed by atoms with Gasteiger partial charge < -0.3 is 10.3 Å². The minimum absolute atomic E-state index is 0.101. The van der Waals surface area contributed by atoms with Crippen molar-refractivity contribution in [3.63, 3.8) is 0 Å². The highest BCUT2D eigenvalue weighted by atomic mass is 16.5. The second-order valence-electron chi connectivity index (χ2n) is 4.25. The Morgan fingerprint density at radius 1 is 1.27 bits per heavy atom. The molecule has 0 aliphatic heterocycles. The van der Waals surface area contributed by atoms with Crippen molar-refractivity contribution >= 4 is 0 Å². The molecule has 86 valence electrons. The largest absolute Gasteiger partial charge is 0.339 e. The van der Waals surface area contributed by atoms with Gasteiger partial charge in [0.2, 0.25) is 5.89 Å². The Hall–Kier alpha value is -0.900. The Kier molecular flexibility index (Phi) is 4.27. The zero-order valence-corrected chi connectivity index (χ0v) is 10.0. The number of nitrogens with two attached hydrogens (primary N) is 1. The molecule has 4 heteroatoms. The predicted octanol–water partition coefficient (Wildman–Crippen LogP) is 2.63. The highest BCUT2D eigenvalue weighted by Gasteiger charge is 2.22. The van der Waals surface area contributed by atoms with Crippen LogP contribution in [0.25, 0.3) is 0 Å². The van der Waals surface area contributed by atoms with E-state index in [1.807, 2.05) is 13.8 Å². The monoisotopic (exact) mass is 211 g/mol. The third-order valence-electron chi connectivity index (χ3n) is 2.81. The van der Waals surface area contributed by atoms with Gasteiger partial charge in [-0.2, -0.15) is 4.98 Å². The van der Waals surface area contributed by atoms with E-state index in [1.54, 1.807) is 0 Å². The van der Waals surface area contributed by atoms with Gasteiger partial charge in [-0.1, -0.05) is 45.7 Å². The summed E-state index contributed by atoms with van der Waals surface area (Å²) in [5.41, 5.74) is 6.09. The van der Waals surface area contributed by atoms with Crippen LogP contribution in [0.3, 0.4) is 0 Å². The molecule has 0 aliphatic rings. The first-order valence-corrected chi connectivity index (χ1v) is 5.69. The van der Waals surface area contributed by atoms with Crippen molar-refractivity contribution in [2.45, 2.75) is 52.5 Å². The number of hydrogen-bond donors (Lipinski definition) is 1. The molecule has 1 unspecified atom stereocenters. The summed E-state index contributed by atoms with van der Waals surface area (Å²) in [6, 6.07) is -0.101. The van der Waals surface area contributed by atoms with E-state index >= 15 is 0 Å². The molecule has 0 bridgehead atoms. The fourth-order valence-corrected chi connectivity index (χ4v) is 1.62. The van der Waals surface area contributed by atoms with Crippen LogP contribution in [0.2, 0.25) is 0 Å². The lowest BCUT2D eigenvalue weighted by Gasteiger charge is -2.17. The van der Waals surface area contributed by atoms with Crippen LogP contribution in [0.15, 0.2) is 4.52 Å². The Morgan fingerprint density at radius 3 is 2.27 bits per heavy atom. The van der Waals surface area contributed by atoms with Crippen LogP contribution in [-0.2, 0) is 0 Å². The Morgan fingerprint density at radius 2 is 1.87 bits per heavy atom. The Bertz CT molecular complexity index is 292.